The molecule has 11 nitrogen and oxygen atoms in total. The van der Waals surface area contributed by atoms with Crippen LogP contribution in [0.3, 0.4) is 0 Å². The predicted octanol–water partition coefficient (Wildman–Crippen LogP) is 6.31. The Hall–Kier alpha value is -3.86. The number of rotatable bonds is 10. The summed E-state index contributed by atoms with van der Waals surface area (Å²) in [6, 6.07) is 8.22. The van der Waals surface area contributed by atoms with Crippen LogP contribution in [0, 0.1) is 5.92 Å². The van der Waals surface area contributed by atoms with Crippen LogP contribution in [0.4, 0.5) is 28.8 Å². The summed E-state index contributed by atoms with van der Waals surface area (Å²) >= 11 is 3.64. The van der Waals surface area contributed by atoms with Gasteiger partial charge in [-0.15, -0.1) is 0 Å². The molecule has 4 heterocycles. The quantitative estimate of drug-likeness (QED) is 0.162. The average Bonchev–Trinajstić information content (AvgIpc) is 3.48. The molecule has 1 atom stereocenters. The van der Waals surface area contributed by atoms with Gasteiger partial charge in [-0.3, -0.25) is 14.6 Å². The topological polar surface area (TPSA) is 115 Å². The van der Waals surface area contributed by atoms with Crippen molar-refractivity contribution in [2.45, 2.75) is 12.8 Å². The first-order valence-electron chi connectivity index (χ1n) is 14.8. The first kappa shape index (κ1) is 31.1. The Balaban J connectivity index is 1.36. The second-order valence-corrected chi connectivity index (χ2v) is 14.4. The lowest BCUT2D eigenvalue weighted by Gasteiger charge is -2.35. The molecule has 0 aliphatic carbocycles. The normalized spacial score (nSPS) is 15.1. The van der Waals surface area contributed by atoms with Gasteiger partial charge < -0.3 is 25.0 Å². The first-order valence-corrected chi connectivity index (χ1v) is 17.8. The zero-order valence-electron chi connectivity index (χ0n) is 26.1. The summed E-state index contributed by atoms with van der Waals surface area (Å²) in [5.74, 6) is 2.24. The fraction of sp³-hybridized carbons (Fsp3) is 0.344. The van der Waals surface area contributed by atoms with Crippen LogP contribution in [-0.4, -0.2) is 77.0 Å². The molecule has 1 aliphatic heterocycles. The van der Waals surface area contributed by atoms with Gasteiger partial charge in [-0.05, 0) is 66.2 Å². The Morgan fingerprint density at radius 3 is 2.64 bits per heavy atom. The molecule has 0 amide bonds. The Kier molecular flexibility index (Phi) is 9.44. The second-order valence-electron chi connectivity index (χ2n) is 11.3. The number of nitrogens with one attached hydrogen (secondary N) is 2. The van der Waals surface area contributed by atoms with Gasteiger partial charge in [-0.1, -0.05) is 7.92 Å². The number of hydrogen-bond donors (Lipinski definition) is 2. The molecule has 5 aromatic rings. The van der Waals surface area contributed by atoms with Crippen molar-refractivity contribution in [3.05, 3.63) is 59.7 Å². The van der Waals surface area contributed by atoms with Crippen molar-refractivity contribution >= 4 is 69.0 Å². The van der Waals surface area contributed by atoms with E-state index in [2.05, 4.69) is 77.0 Å². The highest BCUT2D eigenvalue weighted by atomic mass is 79.9. The molecule has 6 rings (SSSR count). The molecule has 1 fully saturated rings. The van der Waals surface area contributed by atoms with Crippen molar-refractivity contribution in [2.24, 2.45) is 13.0 Å². The smallest absolute Gasteiger partial charge is 0.229 e. The van der Waals surface area contributed by atoms with Gasteiger partial charge in [0.2, 0.25) is 5.95 Å². The van der Waals surface area contributed by atoms with E-state index in [-0.39, 0.29) is 0 Å². The van der Waals surface area contributed by atoms with Crippen molar-refractivity contribution in [1.82, 2.24) is 29.7 Å². The van der Waals surface area contributed by atoms with E-state index in [9.17, 15) is 0 Å². The summed E-state index contributed by atoms with van der Waals surface area (Å²) in [6.07, 6.45) is 11.4. The van der Waals surface area contributed by atoms with Crippen molar-refractivity contribution in [3.8, 4) is 16.9 Å². The Bertz CT molecular complexity index is 1810. The van der Waals surface area contributed by atoms with Crippen LogP contribution in [0.5, 0.6) is 5.75 Å². The van der Waals surface area contributed by atoms with Gasteiger partial charge in [-0.25, -0.2) is 4.98 Å². The third-order valence-corrected chi connectivity index (χ3v) is 9.83. The highest BCUT2D eigenvalue weighted by Crippen LogP contribution is 2.42. The molecular formula is C32H37BrN9O2P. The van der Waals surface area contributed by atoms with Gasteiger partial charge in [0.05, 0.1) is 41.1 Å². The van der Waals surface area contributed by atoms with E-state index in [1.165, 1.54) is 0 Å². The molecule has 234 valence electrons. The van der Waals surface area contributed by atoms with Crippen LogP contribution < -0.4 is 25.6 Å². The molecule has 1 unspecified atom stereocenters. The molecule has 2 aromatic carbocycles. The van der Waals surface area contributed by atoms with E-state index in [4.69, 9.17) is 14.5 Å². The summed E-state index contributed by atoms with van der Waals surface area (Å²) in [5.41, 5.74) is 6.65. The van der Waals surface area contributed by atoms with E-state index in [0.29, 0.717) is 23.4 Å². The summed E-state index contributed by atoms with van der Waals surface area (Å²) < 4.78 is 14.0. The highest BCUT2D eigenvalue weighted by Gasteiger charge is 2.25. The summed E-state index contributed by atoms with van der Waals surface area (Å²) in [4.78, 5) is 21.0. The van der Waals surface area contributed by atoms with Gasteiger partial charge >= 0.3 is 0 Å². The molecule has 1 saturated heterocycles. The van der Waals surface area contributed by atoms with Crippen LogP contribution in [0.1, 0.15) is 12.8 Å². The lowest BCUT2D eigenvalue weighted by Crippen LogP contribution is -2.37. The number of fused-ring (bicyclic) bond motifs is 1. The minimum absolute atomic E-state index is 0.430. The molecule has 13 heteroatoms. The van der Waals surface area contributed by atoms with Crippen LogP contribution in [0.15, 0.2) is 59.7 Å². The SMILES string of the molecule is COCC1CCCN(c2cc(OC)c(Nc3ncc(Br)c(Nc4ccc5nccnc5c4P(C)C)n3)cc2-c2cnn(C)c2)C1. The number of piperidine rings is 1. The fourth-order valence-electron chi connectivity index (χ4n) is 5.88. The van der Waals surface area contributed by atoms with Gasteiger partial charge in [-0.2, -0.15) is 10.1 Å². The lowest BCUT2D eigenvalue weighted by molar-refractivity contribution is 0.143. The van der Waals surface area contributed by atoms with Crippen molar-refractivity contribution in [1.29, 1.82) is 0 Å². The lowest BCUT2D eigenvalue weighted by atomic mass is 9.96. The van der Waals surface area contributed by atoms with Crippen molar-refractivity contribution in [2.75, 3.05) is 62.8 Å². The molecule has 0 bridgehead atoms. The third-order valence-electron chi connectivity index (χ3n) is 7.90. The molecule has 1 aliphatic rings. The third kappa shape index (κ3) is 6.73. The van der Waals surface area contributed by atoms with E-state index in [1.54, 1.807) is 32.8 Å². The van der Waals surface area contributed by atoms with Gasteiger partial charge in [0.15, 0.2) is 0 Å². The minimum Gasteiger partial charge on any atom is -0.494 e. The molecule has 45 heavy (non-hydrogen) atoms. The van der Waals surface area contributed by atoms with E-state index >= 15 is 0 Å². The van der Waals surface area contributed by atoms with Crippen LogP contribution >= 0.6 is 23.9 Å². The zero-order chi connectivity index (χ0) is 31.5. The maximum absolute atomic E-state index is 5.93. The first-order chi connectivity index (χ1) is 21.8. The van der Waals surface area contributed by atoms with Gasteiger partial charge in [0.25, 0.3) is 0 Å². The number of halogens is 1. The molecule has 0 saturated carbocycles. The minimum atomic E-state index is -0.488. The zero-order valence-corrected chi connectivity index (χ0v) is 28.6. The molecular weight excluding hydrogens is 653 g/mol. The second kappa shape index (κ2) is 13.6. The van der Waals surface area contributed by atoms with Gasteiger partial charge in [0, 0.05) is 85.9 Å². The Labute approximate surface area is 272 Å². The molecule has 0 radical (unpaired) electrons. The van der Waals surface area contributed by atoms with Crippen molar-refractivity contribution < 1.29 is 9.47 Å². The number of aromatic nitrogens is 6. The van der Waals surface area contributed by atoms with E-state index < -0.39 is 7.92 Å². The number of ether oxygens (including phenoxy) is 2. The summed E-state index contributed by atoms with van der Waals surface area (Å²) in [5, 5.41) is 12.6. The number of methoxy groups -OCH3 is 2. The van der Waals surface area contributed by atoms with Crippen LogP contribution in [0.25, 0.3) is 22.2 Å². The average molecular weight is 691 g/mol. The number of anilines is 5. The van der Waals surface area contributed by atoms with E-state index in [0.717, 1.165) is 81.5 Å². The van der Waals surface area contributed by atoms with Crippen LogP contribution in [-0.2, 0) is 11.8 Å². The predicted molar refractivity (Wildman–Crippen MR) is 186 cm³/mol. The summed E-state index contributed by atoms with van der Waals surface area (Å²) in [6.45, 7) is 7.06. The van der Waals surface area contributed by atoms with Crippen LogP contribution in [0.2, 0.25) is 0 Å². The largest absolute Gasteiger partial charge is 0.494 e. The Morgan fingerprint density at radius 2 is 1.89 bits per heavy atom. The Morgan fingerprint density at radius 1 is 1.04 bits per heavy atom. The maximum atomic E-state index is 5.93. The maximum Gasteiger partial charge on any atom is 0.229 e. The monoisotopic (exact) mass is 689 g/mol. The standard InChI is InChI=1S/C32H37BrN9O2P/c1-41-18-21(15-37-41)22-13-26(28(44-3)14-27(22)42-12-6-7-20(17-42)19-43-2)39-32-36-16-23(33)31(40-32)38-25-9-8-24-29(30(25)45(4)5)35-11-10-34-24/h8-11,13-16,18,20H,6-7,12,17,19H2,1-5H3,(H2,36,38,39,40). The number of nitrogens with zero attached hydrogens (tertiary/aromatic N) is 7. The highest BCUT2D eigenvalue weighted by molar-refractivity contribution is 9.10. The number of hydrogen-bond acceptors (Lipinski definition) is 10. The van der Waals surface area contributed by atoms with Crippen molar-refractivity contribution in [3.63, 3.8) is 0 Å². The van der Waals surface area contributed by atoms with Gasteiger partial charge in [0.1, 0.15) is 11.6 Å². The molecule has 0 spiro atoms. The number of benzene rings is 2. The molecule has 2 N–H and O–H groups in total. The fourth-order valence-corrected chi connectivity index (χ4v) is 7.38. The van der Waals surface area contributed by atoms with E-state index in [1.807, 2.05) is 36.3 Å². The molecule has 3 aromatic heterocycles. The number of aryl methyl sites for hydroxylation is 1. The summed E-state index contributed by atoms with van der Waals surface area (Å²) in [7, 11) is 4.90.